The summed E-state index contributed by atoms with van der Waals surface area (Å²) in [5.74, 6) is -2.42. The first-order chi connectivity index (χ1) is 15.9. The number of hydrazine groups is 1. The van der Waals surface area contributed by atoms with Crippen LogP contribution in [0.2, 0.25) is 0 Å². The molecule has 0 spiro atoms. The molecular formula is C21H29FN6O5. The van der Waals surface area contributed by atoms with E-state index in [9.17, 15) is 18.8 Å². The molecule has 1 heterocycles. The average Bonchev–Trinajstić information content (AvgIpc) is 3.26. The van der Waals surface area contributed by atoms with E-state index in [4.69, 9.17) is 10.2 Å². The molecule has 33 heavy (non-hydrogen) atoms. The van der Waals surface area contributed by atoms with Gasteiger partial charge >= 0.3 is 18.0 Å². The fraction of sp³-hybridized carbons (Fsp3) is 0.476. The molecule has 180 valence electrons. The molecule has 0 unspecified atom stereocenters. The minimum Gasteiger partial charge on any atom is -0.481 e. The number of alkyl halides is 1. The van der Waals surface area contributed by atoms with Gasteiger partial charge in [0.15, 0.2) is 0 Å². The molecule has 1 aromatic heterocycles. The number of carbonyl (C=O) groups is 3. The Morgan fingerprint density at radius 2 is 1.82 bits per heavy atom. The predicted octanol–water partition coefficient (Wildman–Crippen LogP) is 1.61. The van der Waals surface area contributed by atoms with Gasteiger partial charge in [-0.1, -0.05) is 17.3 Å². The van der Waals surface area contributed by atoms with Crippen LogP contribution in [0.25, 0.3) is 5.69 Å². The van der Waals surface area contributed by atoms with Gasteiger partial charge in [-0.3, -0.25) is 14.6 Å². The number of halogens is 1. The van der Waals surface area contributed by atoms with E-state index in [0.29, 0.717) is 19.4 Å². The van der Waals surface area contributed by atoms with E-state index >= 15 is 0 Å². The topological polar surface area (TPSA) is 158 Å². The zero-order chi connectivity index (χ0) is 24.1. The third kappa shape index (κ3) is 9.64. The Morgan fingerprint density at radius 1 is 1.06 bits per heavy atom. The molecule has 0 saturated carbocycles. The van der Waals surface area contributed by atoms with Gasteiger partial charge in [-0.25, -0.2) is 19.7 Å². The van der Waals surface area contributed by atoms with Gasteiger partial charge in [-0.2, -0.15) is 0 Å². The van der Waals surface area contributed by atoms with Crippen molar-refractivity contribution in [2.75, 3.05) is 13.2 Å². The standard InChI is InChI=1S/C21H29FN6O5/c22-12-3-5-16-14-28(27-25-16)17-8-6-15(7-9-17)4-1-2-13-23-26-21(33)24-18(20(31)32)10-11-19(29)30/h6-9,14,18,23H,1-5,10-13H2,(H,29,30)(H,31,32)(H2,24,26,33)/t18-/m0/s1. The summed E-state index contributed by atoms with van der Waals surface area (Å²) in [4.78, 5) is 33.3. The highest BCUT2D eigenvalue weighted by Crippen LogP contribution is 2.12. The van der Waals surface area contributed by atoms with E-state index in [0.717, 1.165) is 36.2 Å². The Bertz CT molecular complexity index is 905. The van der Waals surface area contributed by atoms with Gasteiger partial charge in [0.25, 0.3) is 0 Å². The first-order valence-electron chi connectivity index (χ1n) is 10.7. The molecule has 0 bridgehead atoms. The Balaban J connectivity index is 1.63. The largest absolute Gasteiger partial charge is 0.481 e. The first kappa shape index (κ1) is 25.7. The summed E-state index contributed by atoms with van der Waals surface area (Å²) in [7, 11) is 0. The molecule has 2 aromatic rings. The second-order valence-electron chi connectivity index (χ2n) is 7.42. The van der Waals surface area contributed by atoms with Gasteiger partial charge in [-0.15, -0.1) is 5.10 Å². The Hall–Kier alpha value is -3.54. The fourth-order valence-corrected chi connectivity index (χ4v) is 3.01. The van der Waals surface area contributed by atoms with Gasteiger partial charge in [-0.05, 0) is 56.2 Å². The lowest BCUT2D eigenvalue weighted by atomic mass is 10.1. The van der Waals surface area contributed by atoms with Crippen LogP contribution in [0.1, 0.15) is 43.4 Å². The lowest BCUT2D eigenvalue weighted by molar-refractivity contribution is -0.140. The zero-order valence-corrected chi connectivity index (χ0v) is 18.2. The van der Waals surface area contributed by atoms with Gasteiger partial charge in [0.05, 0.1) is 24.3 Å². The van der Waals surface area contributed by atoms with E-state index in [2.05, 4.69) is 26.5 Å². The van der Waals surface area contributed by atoms with Gasteiger partial charge < -0.3 is 15.5 Å². The molecule has 5 N–H and O–H groups in total. The number of unbranched alkanes of at least 4 members (excludes halogenated alkanes) is 1. The van der Waals surface area contributed by atoms with Gasteiger partial charge in [0.1, 0.15) is 6.04 Å². The number of hydrogen-bond acceptors (Lipinski definition) is 6. The summed E-state index contributed by atoms with van der Waals surface area (Å²) >= 11 is 0. The van der Waals surface area contributed by atoms with Gasteiger partial charge in [0, 0.05) is 13.0 Å². The number of nitrogens with one attached hydrogen (secondary N) is 3. The molecule has 12 heteroatoms. The van der Waals surface area contributed by atoms with Crippen molar-refractivity contribution in [1.82, 2.24) is 31.2 Å². The number of amides is 2. The van der Waals surface area contributed by atoms with E-state index < -0.39 is 24.0 Å². The highest BCUT2D eigenvalue weighted by atomic mass is 19.1. The minimum atomic E-state index is -1.29. The molecular weight excluding hydrogens is 435 g/mol. The first-order valence-corrected chi connectivity index (χ1v) is 10.7. The van der Waals surface area contributed by atoms with Crippen LogP contribution in [-0.2, 0) is 22.4 Å². The second kappa shape index (κ2) is 13.8. The molecule has 0 aliphatic heterocycles. The molecule has 0 saturated heterocycles. The highest BCUT2D eigenvalue weighted by molar-refractivity contribution is 5.82. The number of hydrogen-bond donors (Lipinski definition) is 5. The van der Waals surface area contributed by atoms with Crippen LogP contribution in [0.5, 0.6) is 0 Å². The molecule has 1 aromatic carbocycles. The van der Waals surface area contributed by atoms with Crippen molar-refractivity contribution >= 4 is 18.0 Å². The lowest BCUT2D eigenvalue weighted by Gasteiger charge is -2.14. The molecule has 0 aliphatic rings. The smallest absolute Gasteiger partial charge is 0.329 e. The summed E-state index contributed by atoms with van der Waals surface area (Å²) < 4.78 is 13.9. The molecule has 0 fully saturated rings. The number of urea groups is 1. The maximum atomic E-state index is 12.3. The van der Waals surface area contributed by atoms with Crippen LogP contribution >= 0.6 is 0 Å². The number of carbonyl (C=O) groups excluding carboxylic acids is 1. The van der Waals surface area contributed by atoms with Crippen LogP contribution in [-0.4, -0.2) is 62.4 Å². The molecule has 0 aliphatic carbocycles. The van der Waals surface area contributed by atoms with E-state index in [1.54, 1.807) is 10.9 Å². The summed E-state index contributed by atoms with van der Waals surface area (Å²) in [6.45, 7) is 0.110. The van der Waals surface area contributed by atoms with Crippen LogP contribution in [0, 0.1) is 0 Å². The normalized spacial score (nSPS) is 11.7. The van der Waals surface area contributed by atoms with Crippen LogP contribution in [0.15, 0.2) is 30.5 Å². The SMILES string of the molecule is O=C(O)CC[C@H](NC(=O)NNCCCCc1ccc(-n2cc(CCCF)nn2)cc1)C(=O)O. The van der Waals surface area contributed by atoms with Crippen molar-refractivity contribution in [2.24, 2.45) is 0 Å². The molecule has 2 rings (SSSR count). The fourth-order valence-electron chi connectivity index (χ4n) is 3.01. The molecule has 11 nitrogen and oxygen atoms in total. The van der Waals surface area contributed by atoms with Crippen molar-refractivity contribution in [2.45, 2.75) is 51.0 Å². The van der Waals surface area contributed by atoms with Crippen LogP contribution < -0.4 is 16.2 Å². The van der Waals surface area contributed by atoms with Crippen molar-refractivity contribution < 1.29 is 29.0 Å². The predicted molar refractivity (Wildman–Crippen MR) is 117 cm³/mol. The lowest BCUT2D eigenvalue weighted by Crippen LogP contribution is -2.50. The summed E-state index contributed by atoms with van der Waals surface area (Å²) in [5.41, 5.74) is 7.83. The van der Waals surface area contributed by atoms with Crippen LogP contribution in [0.3, 0.4) is 0 Å². The average molecular weight is 464 g/mol. The monoisotopic (exact) mass is 464 g/mol. The van der Waals surface area contributed by atoms with Crippen molar-refractivity contribution in [3.8, 4) is 5.69 Å². The number of aryl methyl sites for hydroxylation is 2. The Kier molecular flexibility index (Phi) is 10.7. The molecule has 2 amide bonds. The number of aliphatic carboxylic acids is 2. The number of nitrogens with zero attached hydrogens (tertiary/aromatic N) is 3. The Morgan fingerprint density at radius 3 is 2.48 bits per heavy atom. The number of aromatic nitrogens is 3. The quantitative estimate of drug-likeness (QED) is 0.196. The number of rotatable bonds is 15. The minimum absolute atomic E-state index is 0.200. The maximum absolute atomic E-state index is 12.3. The van der Waals surface area contributed by atoms with Crippen molar-refractivity contribution in [3.63, 3.8) is 0 Å². The van der Waals surface area contributed by atoms with Gasteiger partial charge in [0.2, 0.25) is 0 Å². The third-order valence-electron chi connectivity index (χ3n) is 4.78. The van der Waals surface area contributed by atoms with E-state index in [-0.39, 0.29) is 19.5 Å². The van der Waals surface area contributed by atoms with E-state index in [1.807, 2.05) is 24.3 Å². The van der Waals surface area contributed by atoms with E-state index in [1.165, 1.54) is 0 Å². The summed E-state index contributed by atoms with van der Waals surface area (Å²) in [6.07, 6.45) is 4.70. The molecule has 0 radical (unpaired) electrons. The molecule has 1 atom stereocenters. The van der Waals surface area contributed by atoms with Crippen molar-refractivity contribution in [3.05, 3.63) is 41.7 Å². The van der Waals surface area contributed by atoms with Crippen molar-refractivity contribution in [1.29, 1.82) is 0 Å². The summed E-state index contributed by atoms with van der Waals surface area (Å²) in [5, 5.41) is 28.0. The number of carboxylic acid groups (broad SMARTS) is 2. The summed E-state index contributed by atoms with van der Waals surface area (Å²) in [6, 6.07) is 5.88. The number of benzene rings is 1. The Labute approximate surface area is 190 Å². The van der Waals surface area contributed by atoms with Crippen LogP contribution in [0.4, 0.5) is 9.18 Å². The number of carboxylic acids is 2. The highest BCUT2D eigenvalue weighted by Gasteiger charge is 2.20. The second-order valence-corrected chi connectivity index (χ2v) is 7.42. The third-order valence-corrected chi connectivity index (χ3v) is 4.78. The maximum Gasteiger partial charge on any atom is 0.329 e. The zero-order valence-electron chi connectivity index (χ0n) is 18.2.